The molecule has 0 aliphatic carbocycles. The summed E-state index contributed by atoms with van der Waals surface area (Å²) in [5.41, 5.74) is 1.03. The van der Waals surface area contributed by atoms with E-state index in [1.165, 1.54) is 35.2 Å². The standard InChI is InChI=1S/C13H14N4O3S2/c1-8(2)11(18)14-12-15-16-13(22-12)21-7-9-3-5-10(6-4-9)17(19)20/h3-6,8H,7H2,1-2H3,(H,14,15,18). The van der Waals surface area contributed by atoms with Gasteiger partial charge in [0, 0.05) is 23.8 Å². The van der Waals surface area contributed by atoms with Gasteiger partial charge in [0.15, 0.2) is 4.34 Å². The average Bonchev–Trinajstić information content (AvgIpc) is 2.93. The van der Waals surface area contributed by atoms with E-state index >= 15 is 0 Å². The van der Waals surface area contributed by atoms with E-state index < -0.39 is 4.92 Å². The molecule has 0 saturated heterocycles. The molecule has 0 aliphatic rings. The molecule has 0 unspecified atom stereocenters. The van der Waals surface area contributed by atoms with Crippen molar-refractivity contribution >= 4 is 39.8 Å². The Morgan fingerprint density at radius 2 is 2.05 bits per heavy atom. The molecule has 0 aliphatic heterocycles. The number of hydrogen-bond acceptors (Lipinski definition) is 7. The highest BCUT2D eigenvalue weighted by Gasteiger charge is 2.11. The first kappa shape index (κ1) is 16.4. The van der Waals surface area contributed by atoms with Crippen molar-refractivity contribution in [3.63, 3.8) is 0 Å². The number of nitro benzene ring substituents is 1. The van der Waals surface area contributed by atoms with Crippen LogP contribution in [0.3, 0.4) is 0 Å². The molecule has 7 nitrogen and oxygen atoms in total. The maximum absolute atomic E-state index is 11.6. The molecule has 1 N–H and O–H groups in total. The van der Waals surface area contributed by atoms with Crippen LogP contribution in [0, 0.1) is 16.0 Å². The Labute approximate surface area is 135 Å². The third kappa shape index (κ3) is 4.50. The Balaban J connectivity index is 1.90. The molecule has 0 bridgehead atoms. The van der Waals surface area contributed by atoms with E-state index in [1.54, 1.807) is 26.0 Å². The van der Waals surface area contributed by atoms with Crippen molar-refractivity contribution in [2.75, 3.05) is 5.32 Å². The summed E-state index contributed by atoms with van der Waals surface area (Å²) in [7, 11) is 0. The second-order valence-corrected chi connectivity index (χ2v) is 6.93. The van der Waals surface area contributed by atoms with Crippen LogP contribution >= 0.6 is 23.1 Å². The van der Waals surface area contributed by atoms with Crippen LogP contribution < -0.4 is 5.32 Å². The second kappa shape index (κ2) is 7.32. The molecule has 0 fully saturated rings. The molecular formula is C13H14N4O3S2. The van der Waals surface area contributed by atoms with Crippen LogP contribution in [0.5, 0.6) is 0 Å². The molecule has 9 heteroatoms. The number of thioether (sulfide) groups is 1. The van der Waals surface area contributed by atoms with E-state index in [2.05, 4.69) is 15.5 Å². The van der Waals surface area contributed by atoms with Crippen molar-refractivity contribution < 1.29 is 9.72 Å². The van der Waals surface area contributed by atoms with Gasteiger partial charge in [-0.15, -0.1) is 10.2 Å². The van der Waals surface area contributed by atoms with Gasteiger partial charge in [0.1, 0.15) is 0 Å². The summed E-state index contributed by atoms with van der Waals surface area (Å²) in [5.74, 6) is 0.424. The highest BCUT2D eigenvalue weighted by Crippen LogP contribution is 2.28. The van der Waals surface area contributed by atoms with Gasteiger partial charge < -0.3 is 5.32 Å². The number of nitro groups is 1. The number of non-ortho nitro benzene ring substituents is 1. The molecule has 0 radical (unpaired) electrons. The molecule has 0 saturated carbocycles. The number of nitrogens with one attached hydrogen (secondary N) is 1. The van der Waals surface area contributed by atoms with E-state index in [1.807, 2.05) is 0 Å². The quantitative estimate of drug-likeness (QED) is 0.375. The minimum absolute atomic E-state index is 0.0725. The van der Waals surface area contributed by atoms with E-state index in [0.29, 0.717) is 10.9 Å². The lowest BCUT2D eigenvalue weighted by atomic mass is 10.2. The highest BCUT2D eigenvalue weighted by molar-refractivity contribution is 8.00. The number of benzene rings is 1. The van der Waals surface area contributed by atoms with Crippen LogP contribution in [0.15, 0.2) is 28.6 Å². The number of rotatable bonds is 6. The topological polar surface area (TPSA) is 98.0 Å². The maximum atomic E-state index is 11.6. The van der Waals surface area contributed by atoms with E-state index in [4.69, 9.17) is 0 Å². The van der Waals surface area contributed by atoms with Gasteiger partial charge in [-0.25, -0.2) is 0 Å². The lowest BCUT2D eigenvalue weighted by Gasteiger charge is -2.02. The van der Waals surface area contributed by atoms with Crippen molar-refractivity contribution in [3.8, 4) is 0 Å². The molecule has 1 amide bonds. The number of anilines is 1. The SMILES string of the molecule is CC(C)C(=O)Nc1nnc(SCc2ccc([N+](=O)[O-])cc2)s1. The predicted molar refractivity (Wildman–Crippen MR) is 86.0 cm³/mol. The monoisotopic (exact) mass is 338 g/mol. The fraction of sp³-hybridized carbons (Fsp3) is 0.308. The van der Waals surface area contributed by atoms with Gasteiger partial charge in [-0.3, -0.25) is 14.9 Å². The van der Waals surface area contributed by atoms with Gasteiger partial charge in [-0.05, 0) is 5.56 Å². The number of carbonyl (C=O) groups excluding carboxylic acids is 1. The summed E-state index contributed by atoms with van der Waals surface area (Å²) < 4.78 is 0.734. The summed E-state index contributed by atoms with van der Waals surface area (Å²) in [4.78, 5) is 21.7. The largest absolute Gasteiger partial charge is 0.300 e. The van der Waals surface area contributed by atoms with E-state index in [0.717, 1.165) is 9.90 Å². The first-order valence-corrected chi connectivity index (χ1v) is 8.26. The zero-order valence-corrected chi connectivity index (χ0v) is 13.6. The third-order valence-corrected chi connectivity index (χ3v) is 4.71. The molecule has 0 atom stereocenters. The zero-order chi connectivity index (χ0) is 16.1. The number of amides is 1. The van der Waals surface area contributed by atoms with Crippen LogP contribution in [0.2, 0.25) is 0 Å². The Morgan fingerprint density at radius 1 is 1.36 bits per heavy atom. The molecular weight excluding hydrogens is 324 g/mol. The molecule has 1 aromatic carbocycles. The van der Waals surface area contributed by atoms with Crippen LogP contribution in [0.25, 0.3) is 0 Å². The van der Waals surface area contributed by atoms with Gasteiger partial charge in [0.2, 0.25) is 11.0 Å². The summed E-state index contributed by atoms with van der Waals surface area (Å²) in [6.07, 6.45) is 0. The molecule has 116 valence electrons. The van der Waals surface area contributed by atoms with Crippen molar-refractivity contribution in [3.05, 3.63) is 39.9 Å². The van der Waals surface area contributed by atoms with E-state index in [9.17, 15) is 14.9 Å². The van der Waals surface area contributed by atoms with Gasteiger partial charge in [0.25, 0.3) is 5.69 Å². The second-order valence-electron chi connectivity index (χ2n) is 4.73. The fourth-order valence-corrected chi connectivity index (χ4v) is 3.14. The Bertz CT molecular complexity index is 670. The van der Waals surface area contributed by atoms with Crippen molar-refractivity contribution in [1.29, 1.82) is 0 Å². The summed E-state index contributed by atoms with van der Waals surface area (Å²) in [5, 5.41) is 21.7. The molecule has 2 rings (SSSR count). The number of carbonyl (C=O) groups is 1. The molecule has 0 spiro atoms. The van der Waals surface area contributed by atoms with Gasteiger partial charge >= 0.3 is 0 Å². The molecule has 2 aromatic rings. The lowest BCUT2D eigenvalue weighted by Crippen LogP contribution is -2.17. The normalized spacial score (nSPS) is 10.7. The van der Waals surface area contributed by atoms with Gasteiger partial charge in [-0.2, -0.15) is 0 Å². The Hall–Kier alpha value is -2.00. The molecule has 1 aromatic heterocycles. The highest BCUT2D eigenvalue weighted by atomic mass is 32.2. The number of hydrogen-bond donors (Lipinski definition) is 1. The minimum Gasteiger partial charge on any atom is -0.300 e. The summed E-state index contributed by atoms with van der Waals surface area (Å²) in [6.45, 7) is 3.61. The minimum atomic E-state index is -0.425. The average molecular weight is 338 g/mol. The Kier molecular flexibility index (Phi) is 5.45. The molecule has 1 heterocycles. The van der Waals surface area contributed by atoms with Crippen LogP contribution in [0.4, 0.5) is 10.8 Å². The Morgan fingerprint density at radius 3 is 2.64 bits per heavy atom. The van der Waals surface area contributed by atoms with Crippen LogP contribution in [-0.2, 0) is 10.5 Å². The summed E-state index contributed by atoms with van der Waals surface area (Å²) >= 11 is 2.77. The van der Waals surface area contributed by atoms with Gasteiger partial charge in [-0.1, -0.05) is 49.1 Å². The third-order valence-electron chi connectivity index (χ3n) is 2.67. The fourth-order valence-electron chi connectivity index (χ4n) is 1.43. The number of nitrogens with zero attached hydrogens (tertiary/aromatic N) is 3. The predicted octanol–water partition coefficient (Wildman–Crippen LogP) is 3.33. The van der Waals surface area contributed by atoms with Crippen LogP contribution in [0.1, 0.15) is 19.4 Å². The van der Waals surface area contributed by atoms with Crippen molar-refractivity contribution in [1.82, 2.24) is 10.2 Å². The maximum Gasteiger partial charge on any atom is 0.269 e. The smallest absolute Gasteiger partial charge is 0.269 e. The van der Waals surface area contributed by atoms with Crippen molar-refractivity contribution in [2.24, 2.45) is 5.92 Å². The first-order chi connectivity index (χ1) is 10.5. The van der Waals surface area contributed by atoms with Crippen molar-refractivity contribution in [2.45, 2.75) is 23.9 Å². The lowest BCUT2D eigenvalue weighted by molar-refractivity contribution is -0.384. The molecule has 22 heavy (non-hydrogen) atoms. The van der Waals surface area contributed by atoms with E-state index in [-0.39, 0.29) is 17.5 Å². The zero-order valence-electron chi connectivity index (χ0n) is 12.0. The first-order valence-electron chi connectivity index (χ1n) is 6.46. The summed E-state index contributed by atoms with van der Waals surface area (Å²) in [6, 6.07) is 6.38. The van der Waals surface area contributed by atoms with Crippen LogP contribution in [-0.4, -0.2) is 21.0 Å². The number of aromatic nitrogens is 2. The van der Waals surface area contributed by atoms with Gasteiger partial charge in [0.05, 0.1) is 4.92 Å².